The fourth-order valence-electron chi connectivity index (χ4n) is 1.92. The molecule has 0 amide bonds. The summed E-state index contributed by atoms with van der Waals surface area (Å²) in [6.45, 7) is 6.28. The van der Waals surface area contributed by atoms with Gasteiger partial charge in [0.1, 0.15) is 0 Å². The van der Waals surface area contributed by atoms with Gasteiger partial charge in [-0.2, -0.15) is 0 Å². The smallest absolute Gasteiger partial charge is 0.0507 e. The number of thioether (sulfide) groups is 1. The maximum atomic E-state index is 5.87. The Morgan fingerprint density at radius 2 is 2.33 bits per heavy atom. The third-order valence-corrected chi connectivity index (χ3v) is 3.63. The van der Waals surface area contributed by atoms with Crippen LogP contribution in [0.5, 0.6) is 0 Å². The molecular formula is C12H18N2S. The first-order valence-electron chi connectivity index (χ1n) is 5.41. The van der Waals surface area contributed by atoms with E-state index in [1.165, 1.54) is 21.9 Å². The number of nitrogens with two attached hydrogens (primary N) is 1. The Labute approximate surface area is 95.8 Å². The van der Waals surface area contributed by atoms with Gasteiger partial charge in [0.2, 0.25) is 0 Å². The van der Waals surface area contributed by atoms with Crippen LogP contribution < -0.4 is 10.6 Å². The largest absolute Gasteiger partial charge is 0.368 e. The second kappa shape index (κ2) is 4.45. The zero-order valence-corrected chi connectivity index (χ0v) is 10.2. The first-order chi connectivity index (χ1) is 7.16. The van der Waals surface area contributed by atoms with Crippen LogP contribution in [0.25, 0.3) is 0 Å². The second-order valence-electron chi connectivity index (χ2n) is 4.24. The van der Waals surface area contributed by atoms with Crippen molar-refractivity contribution in [3.05, 3.63) is 23.8 Å². The molecule has 0 radical (unpaired) electrons. The summed E-state index contributed by atoms with van der Waals surface area (Å²) in [5.41, 5.74) is 8.56. The van der Waals surface area contributed by atoms with Crippen molar-refractivity contribution in [1.82, 2.24) is 0 Å². The van der Waals surface area contributed by atoms with Gasteiger partial charge in [-0.1, -0.05) is 6.07 Å². The monoisotopic (exact) mass is 222 g/mol. The normalized spacial score (nSPS) is 17.4. The van der Waals surface area contributed by atoms with Gasteiger partial charge in [-0.3, -0.25) is 0 Å². The molecule has 3 heteroatoms. The van der Waals surface area contributed by atoms with Gasteiger partial charge in [0.15, 0.2) is 0 Å². The van der Waals surface area contributed by atoms with Gasteiger partial charge in [-0.25, -0.2) is 0 Å². The molecule has 2 nitrogen and oxygen atoms in total. The summed E-state index contributed by atoms with van der Waals surface area (Å²) in [6.07, 6.45) is 0. The van der Waals surface area contributed by atoms with Gasteiger partial charge < -0.3 is 10.6 Å². The molecule has 0 saturated heterocycles. The van der Waals surface area contributed by atoms with Crippen LogP contribution in [0.1, 0.15) is 12.5 Å². The number of hydrogen-bond acceptors (Lipinski definition) is 3. The molecule has 0 spiro atoms. The number of nitrogens with zero attached hydrogens (tertiary/aromatic N) is 1. The van der Waals surface area contributed by atoms with Crippen molar-refractivity contribution in [2.24, 2.45) is 5.73 Å². The van der Waals surface area contributed by atoms with Crippen LogP contribution in [0.15, 0.2) is 23.1 Å². The molecule has 1 aromatic carbocycles. The van der Waals surface area contributed by atoms with E-state index >= 15 is 0 Å². The molecule has 0 bridgehead atoms. The van der Waals surface area contributed by atoms with E-state index in [1.54, 1.807) is 0 Å². The van der Waals surface area contributed by atoms with Crippen molar-refractivity contribution < 1.29 is 0 Å². The molecule has 1 unspecified atom stereocenters. The van der Waals surface area contributed by atoms with E-state index in [-0.39, 0.29) is 6.04 Å². The molecule has 2 N–H and O–H groups in total. The van der Waals surface area contributed by atoms with Gasteiger partial charge in [-0.05, 0) is 31.5 Å². The maximum Gasteiger partial charge on any atom is 0.0507 e. The summed E-state index contributed by atoms with van der Waals surface area (Å²) < 4.78 is 0. The number of aryl methyl sites for hydroxylation is 1. The van der Waals surface area contributed by atoms with Crippen molar-refractivity contribution in [3.8, 4) is 0 Å². The summed E-state index contributed by atoms with van der Waals surface area (Å²) in [6, 6.07) is 6.91. The lowest BCUT2D eigenvalue weighted by Crippen LogP contribution is -2.38. The lowest BCUT2D eigenvalue weighted by molar-refractivity contribution is 0.684. The van der Waals surface area contributed by atoms with Crippen LogP contribution in [0.2, 0.25) is 0 Å². The fraction of sp³-hybridized carbons (Fsp3) is 0.500. The topological polar surface area (TPSA) is 29.3 Å². The zero-order valence-electron chi connectivity index (χ0n) is 9.36. The average Bonchev–Trinajstić information content (AvgIpc) is 2.18. The molecule has 0 aromatic heterocycles. The molecular weight excluding hydrogens is 204 g/mol. The molecule has 1 aliphatic heterocycles. The molecule has 1 aromatic rings. The van der Waals surface area contributed by atoms with Crippen LogP contribution in [0, 0.1) is 6.92 Å². The number of hydrogen-bond donors (Lipinski definition) is 1. The molecule has 1 atom stereocenters. The maximum absolute atomic E-state index is 5.87. The zero-order chi connectivity index (χ0) is 10.8. The highest BCUT2D eigenvalue weighted by Gasteiger charge is 2.17. The van der Waals surface area contributed by atoms with Crippen LogP contribution in [-0.4, -0.2) is 24.9 Å². The van der Waals surface area contributed by atoms with Gasteiger partial charge in [0.25, 0.3) is 0 Å². The van der Waals surface area contributed by atoms with Crippen LogP contribution in [-0.2, 0) is 0 Å². The molecule has 0 saturated carbocycles. The van der Waals surface area contributed by atoms with Crippen LogP contribution >= 0.6 is 11.8 Å². The van der Waals surface area contributed by atoms with E-state index in [2.05, 4.69) is 36.9 Å². The first kappa shape index (κ1) is 10.8. The standard InChI is InChI=1S/C12H18N2S/c1-9-3-4-12-11(7-9)14(5-6-15-12)8-10(2)13/h3-4,7,10H,5-6,8,13H2,1-2H3. The highest BCUT2D eigenvalue weighted by atomic mass is 32.2. The van der Waals surface area contributed by atoms with Crippen molar-refractivity contribution in [3.63, 3.8) is 0 Å². The second-order valence-corrected chi connectivity index (χ2v) is 5.38. The Hall–Kier alpha value is -0.670. The summed E-state index contributed by atoms with van der Waals surface area (Å²) in [5, 5.41) is 0. The predicted octanol–water partition coefficient (Wildman–Crippen LogP) is 2.25. The first-order valence-corrected chi connectivity index (χ1v) is 6.39. The summed E-state index contributed by atoms with van der Waals surface area (Å²) in [7, 11) is 0. The summed E-state index contributed by atoms with van der Waals surface area (Å²) in [4.78, 5) is 3.80. The minimum absolute atomic E-state index is 0.237. The quantitative estimate of drug-likeness (QED) is 0.832. The van der Waals surface area contributed by atoms with E-state index in [1.807, 2.05) is 11.8 Å². The number of anilines is 1. The average molecular weight is 222 g/mol. The Bertz CT molecular complexity index is 349. The van der Waals surface area contributed by atoms with Crippen LogP contribution in [0.4, 0.5) is 5.69 Å². The minimum atomic E-state index is 0.237. The lowest BCUT2D eigenvalue weighted by Gasteiger charge is -2.32. The SMILES string of the molecule is Cc1ccc2c(c1)N(CC(C)N)CCS2. The molecule has 15 heavy (non-hydrogen) atoms. The summed E-state index contributed by atoms with van der Waals surface area (Å²) in [5.74, 6) is 1.17. The Morgan fingerprint density at radius 3 is 3.07 bits per heavy atom. The Balaban J connectivity index is 2.28. The van der Waals surface area contributed by atoms with Crippen molar-refractivity contribution >= 4 is 17.4 Å². The predicted molar refractivity (Wildman–Crippen MR) is 67.8 cm³/mol. The molecule has 82 valence electrons. The number of fused-ring (bicyclic) bond motifs is 1. The van der Waals surface area contributed by atoms with Gasteiger partial charge in [0, 0.05) is 29.8 Å². The fourth-order valence-corrected chi connectivity index (χ4v) is 2.95. The molecule has 1 heterocycles. The number of benzene rings is 1. The Kier molecular flexibility index (Phi) is 3.22. The molecule has 1 aliphatic rings. The highest BCUT2D eigenvalue weighted by Crippen LogP contribution is 2.35. The third-order valence-electron chi connectivity index (χ3n) is 2.58. The van der Waals surface area contributed by atoms with Crippen molar-refractivity contribution in [1.29, 1.82) is 0 Å². The summed E-state index contributed by atoms with van der Waals surface area (Å²) >= 11 is 1.95. The molecule has 0 aliphatic carbocycles. The molecule has 0 fully saturated rings. The van der Waals surface area contributed by atoms with Gasteiger partial charge >= 0.3 is 0 Å². The Morgan fingerprint density at radius 1 is 1.53 bits per heavy atom. The van der Waals surface area contributed by atoms with Crippen molar-refractivity contribution in [2.45, 2.75) is 24.8 Å². The van der Waals surface area contributed by atoms with Crippen molar-refractivity contribution in [2.75, 3.05) is 23.7 Å². The highest BCUT2D eigenvalue weighted by molar-refractivity contribution is 7.99. The van der Waals surface area contributed by atoms with E-state index in [4.69, 9.17) is 5.73 Å². The molecule has 2 rings (SSSR count). The van der Waals surface area contributed by atoms with E-state index in [0.717, 1.165) is 13.1 Å². The van der Waals surface area contributed by atoms with E-state index in [9.17, 15) is 0 Å². The number of rotatable bonds is 2. The van der Waals surface area contributed by atoms with Gasteiger partial charge in [-0.15, -0.1) is 11.8 Å². The van der Waals surface area contributed by atoms with Gasteiger partial charge in [0.05, 0.1) is 5.69 Å². The lowest BCUT2D eigenvalue weighted by atomic mass is 10.2. The minimum Gasteiger partial charge on any atom is -0.368 e. The van der Waals surface area contributed by atoms with E-state index in [0.29, 0.717) is 0 Å². The van der Waals surface area contributed by atoms with E-state index < -0.39 is 0 Å². The van der Waals surface area contributed by atoms with Crippen LogP contribution in [0.3, 0.4) is 0 Å². The third kappa shape index (κ3) is 2.47.